The molecule has 0 saturated carbocycles. The zero-order valence-electron chi connectivity index (χ0n) is 14.2. The maximum Gasteiger partial charge on any atom is 0.245 e. The van der Waals surface area contributed by atoms with Crippen LogP contribution in [0, 0.1) is 5.92 Å². The molecule has 0 spiro atoms. The van der Waals surface area contributed by atoms with Crippen LogP contribution in [-0.2, 0) is 4.79 Å². The van der Waals surface area contributed by atoms with Crippen molar-refractivity contribution >= 4 is 34.3 Å². The quantitative estimate of drug-likeness (QED) is 0.524. The van der Waals surface area contributed by atoms with Crippen LogP contribution in [0.2, 0.25) is 0 Å². The number of aromatic nitrogens is 4. The van der Waals surface area contributed by atoms with E-state index in [-0.39, 0.29) is 5.95 Å². The Labute approximate surface area is 145 Å². The summed E-state index contributed by atoms with van der Waals surface area (Å²) in [6, 6.07) is 7.42. The van der Waals surface area contributed by atoms with Gasteiger partial charge in [-0.3, -0.25) is 4.79 Å². The molecule has 3 rings (SSSR count). The monoisotopic (exact) mass is 339 g/mol. The molecule has 130 valence electrons. The number of amides is 1. The number of primary amides is 1. The van der Waals surface area contributed by atoms with E-state index < -0.39 is 11.9 Å². The number of rotatable bonds is 7. The van der Waals surface area contributed by atoms with Crippen molar-refractivity contribution in [2.45, 2.75) is 26.3 Å². The van der Waals surface area contributed by atoms with Gasteiger partial charge < -0.3 is 21.4 Å². The second-order valence-electron chi connectivity index (χ2n) is 6.30. The van der Waals surface area contributed by atoms with Crippen molar-refractivity contribution in [2.24, 2.45) is 11.7 Å². The standard InChI is InChI=1S/C17H21N7O/c1-10(2)7-14(16(18)25)22-17-23-15(9-20-24-17)21-12-4-3-11-5-6-19-13(11)8-12/h3-6,8-10,14,19H,7H2,1-2H3,(H2,18,25)(H2,21,22,23,24)/t14-/m1/s1. The Morgan fingerprint density at radius 2 is 2.16 bits per heavy atom. The molecule has 1 atom stereocenters. The van der Waals surface area contributed by atoms with Gasteiger partial charge in [-0.25, -0.2) is 0 Å². The molecule has 2 aromatic heterocycles. The number of benzene rings is 1. The maximum atomic E-state index is 11.6. The summed E-state index contributed by atoms with van der Waals surface area (Å²) < 4.78 is 0. The molecule has 25 heavy (non-hydrogen) atoms. The minimum Gasteiger partial charge on any atom is -0.368 e. The van der Waals surface area contributed by atoms with E-state index in [1.54, 1.807) is 0 Å². The second-order valence-corrected chi connectivity index (χ2v) is 6.30. The highest BCUT2D eigenvalue weighted by molar-refractivity contribution is 5.84. The number of nitrogens with zero attached hydrogens (tertiary/aromatic N) is 3. The zero-order valence-corrected chi connectivity index (χ0v) is 14.2. The number of carbonyl (C=O) groups excluding carboxylic acids is 1. The predicted octanol–water partition coefficient (Wildman–Crippen LogP) is 2.41. The number of nitrogens with two attached hydrogens (primary N) is 1. The Hall–Kier alpha value is -3.16. The number of nitrogens with one attached hydrogen (secondary N) is 3. The van der Waals surface area contributed by atoms with Gasteiger partial charge in [0.15, 0.2) is 5.82 Å². The van der Waals surface area contributed by atoms with Gasteiger partial charge in [0.2, 0.25) is 11.9 Å². The smallest absolute Gasteiger partial charge is 0.245 e. The third-order valence-electron chi connectivity index (χ3n) is 3.74. The van der Waals surface area contributed by atoms with Crippen molar-refractivity contribution in [3.05, 3.63) is 36.7 Å². The highest BCUT2D eigenvalue weighted by Crippen LogP contribution is 2.20. The summed E-state index contributed by atoms with van der Waals surface area (Å²) in [5.74, 6) is 0.659. The van der Waals surface area contributed by atoms with Crippen molar-refractivity contribution in [1.29, 1.82) is 0 Å². The van der Waals surface area contributed by atoms with Crippen molar-refractivity contribution in [3.8, 4) is 0 Å². The molecule has 0 aliphatic heterocycles. The molecule has 1 amide bonds. The molecule has 3 aromatic rings. The van der Waals surface area contributed by atoms with Gasteiger partial charge in [0.05, 0.1) is 6.20 Å². The van der Waals surface area contributed by atoms with Crippen LogP contribution < -0.4 is 16.4 Å². The van der Waals surface area contributed by atoms with E-state index in [1.165, 1.54) is 6.20 Å². The van der Waals surface area contributed by atoms with Gasteiger partial charge in [0.25, 0.3) is 0 Å². The number of fused-ring (bicyclic) bond motifs is 1. The van der Waals surface area contributed by atoms with E-state index in [1.807, 2.05) is 44.3 Å². The molecule has 8 nitrogen and oxygen atoms in total. The number of anilines is 3. The van der Waals surface area contributed by atoms with Crippen LogP contribution in [0.4, 0.5) is 17.5 Å². The molecule has 0 bridgehead atoms. The van der Waals surface area contributed by atoms with Gasteiger partial charge >= 0.3 is 0 Å². The lowest BCUT2D eigenvalue weighted by Crippen LogP contribution is -2.37. The third kappa shape index (κ3) is 4.23. The molecule has 8 heteroatoms. The number of hydrogen-bond donors (Lipinski definition) is 4. The molecule has 0 aliphatic rings. The lowest BCUT2D eigenvalue weighted by Gasteiger charge is -2.17. The third-order valence-corrected chi connectivity index (χ3v) is 3.74. The summed E-state index contributed by atoms with van der Waals surface area (Å²) in [6.45, 7) is 4.04. The van der Waals surface area contributed by atoms with Crippen molar-refractivity contribution in [2.75, 3.05) is 10.6 Å². The molecule has 5 N–H and O–H groups in total. The summed E-state index contributed by atoms with van der Waals surface area (Å²) in [4.78, 5) is 19.1. The fourth-order valence-electron chi connectivity index (χ4n) is 2.57. The van der Waals surface area contributed by atoms with Gasteiger partial charge in [-0.05, 0) is 35.9 Å². The molecule has 0 unspecified atom stereocenters. The Balaban J connectivity index is 1.75. The fraction of sp³-hybridized carbons (Fsp3) is 0.294. The van der Waals surface area contributed by atoms with E-state index in [2.05, 4.69) is 30.8 Å². The van der Waals surface area contributed by atoms with Gasteiger partial charge in [-0.1, -0.05) is 19.9 Å². The normalized spacial score (nSPS) is 12.3. The van der Waals surface area contributed by atoms with E-state index in [4.69, 9.17) is 5.73 Å². The zero-order chi connectivity index (χ0) is 17.8. The van der Waals surface area contributed by atoms with Crippen molar-refractivity contribution < 1.29 is 4.79 Å². The molecular formula is C17H21N7O. The predicted molar refractivity (Wildman–Crippen MR) is 97.5 cm³/mol. The van der Waals surface area contributed by atoms with E-state index >= 15 is 0 Å². The average Bonchev–Trinajstić information content (AvgIpc) is 3.02. The van der Waals surface area contributed by atoms with Gasteiger partial charge in [-0.2, -0.15) is 10.1 Å². The Kier molecular flexibility index (Phi) is 4.78. The summed E-state index contributed by atoms with van der Waals surface area (Å²) in [6.07, 6.45) is 4.01. The fourth-order valence-corrected chi connectivity index (χ4v) is 2.57. The minimum atomic E-state index is -0.535. The van der Waals surface area contributed by atoms with Crippen LogP contribution in [0.1, 0.15) is 20.3 Å². The Morgan fingerprint density at radius 1 is 1.32 bits per heavy atom. The van der Waals surface area contributed by atoms with E-state index in [0.29, 0.717) is 18.2 Å². The highest BCUT2D eigenvalue weighted by Gasteiger charge is 2.18. The van der Waals surface area contributed by atoms with Crippen LogP contribution in [0.3, 0.4) is 0 Å². The van der Waals surface area contributed by atoms with Crippen molar-refractivity contribution in [1.82, 2.24) is 20.2 Å². The highest BCUT2D eigenvalue weighted by atomic mass is 16.1. The Morgan fingerprint density at radius 3 is 2.92 bits per heavy atom. The van der Waals surface area contributed by atoms with Crippen LogP contribution in [-0.4, -0.2) is 32.1 Å². The van der Waals surface area contributed by atoms with Gasteiger partial charge in [0, 0.05) is 17.4 Å². The number of aromatic amines is 1. The first-order valence-corrected chi connectivity index (χ1v) is 8.11. The van der Waals surface area contributed by atoms with Gasteiger partial charge in [-0.15, -0.1) is 5.10 Å². The van der Waals surface area contributed by atoms with Crippen molar-refractivity contribution in [3.63, 3.8) is 0 Å². The first-order valence-electron chi connectivity index (χ1n) is 8.11. The number of H-pyrrole nitrogens is 1. The van der Waals surface area contributed by atoms with Crippen LogP contribution in [0.15, 0.2) is 36.7 Å². The SMILES string of the molecule is CC(C)C[C@@H](Nc1nncc(Nc2ccc3cc[nH]c3c2)n1)C(N)=O. The molecule has 0 radical (unpaired) electrons. The molecule has 1 aromatic carbocycles. The molecule has 0 fully saturated rings. The first kappa shape index (κ1) is 16.7. The number of hydrogen-bond acceptors (Lipinski definition) is 6. The lowest BCUT2D eigenvalue weighted by atomic mass is 10.0. The summed E-state index contributed by atoms with van der Waals surface area (Å²) in [7, 11) is 0. The average molecular weight is 339 g/mol. The lowest BCUT2D eigenvalue weighted by molar-refractivity contribution is -0.119. The molecule has 0 saturated heterocycles. The van der Waals surface area contributed by atoms with Crippen LogP contribution in [0.25, 0.3) is 10.9 Å². The van der Waals surface area contributed by atoms with E-state index in [9.17, 15) is 4.79 Å². The Bertz CT molecular complexity index is 874. The summed E-state index contributed by atoms with van der Waals surface area (Å²) in [5, 5.41) is 15.1. The minimum absolute atomic E-state index is 0.260. The molecule has 2 heterocycles. The van der Waals surface area contributed by atoms with Crippen LogP contribution in [0.5, 0.6) is 0 Å². The van der Waals surface area contributed by atoms with Crippen LogP contribution >= 0.6 is 0 Å². The maximum absolute atomic E-state index is 11.6. The number of carbonyl (C=O) groups is 1. The van der Waals surface area contributed by atoms with E-state index in [0.717, 1.165) is 16.6 Å². The molecule has 0 aliphatic carbocycles. The summed E-state index contributed by atoms with van der Waals surface area (Å²) >= 11 is 0. The topological polar surface area (TPSA) is 122 Å². The largest absolute Gasteiger partial charge is 0.368 e. The summed E-state index contributed by atoms with van der Waals surface area (Å²) in [5.41, 5.74) is 7.34. The van der Waals surface area contributed by atoms with Gasteiger partial charge in [0.1, 0.15) is 6.04 Å². The first-order chi connectivity index (χ1) is 12.0. The molecular weight excluding hydrogens is 318 g/mol. The second kappa shape index (κ2) is 7.16.